The summed E-state index contributed by atoms with van der Waals surface area (Å²) in [6, 6.07) is 0. The Labute approximate surface area is 82.5 Å². The van der Waals surface area contributed by atoms with Gasteiger partial charge in [0, 0.05) is 0 Å². The minimum atomic E-state index is -5.84. The molecule has 1 nitrogen and oxygen atoms in total. The van der Waals surface area contributed by atoms with Gasteiger partial charge in [0.05, 0.1) is 12.3 Å². The number of halogens is 9. The van der Waals surface area contributed by atoms with Crippen LogP contribution in [0.3, 0.4) is 0 Å². The summed E-state index contributed by atoms with van der Waals surface area (Å²) >= 11 is 0. The molecule has 10 heteroatoms. The average Bonchev–Trinajstić information content (AvgIpc) is 1.90. The number of ether oxygens (including phenoxy) is 1. The summed E-state index contributed by atoms with van der Waals surface area (Å²) in [7, 11) is 0. The second-order valence-electron chi connectivity index (χ2n) is 2.44. The first-order valence-electron chi connectivity index (χ1n) is 3.37. The molecule has 0 spiro atoms. The number of alkyl halides is 9. The van der Waals surface area contributed by atoms with Gasteiger partial charge in [0.1, 0.15) is 0 Å². The van der Waals surface area contributed by atoms with Crippen molar-refractivity contribution in [2.75, 3.05) is 0 Å². The van der Waals surface area contributed by atoms with Gasteiger partial charge in [-0.15, -0.1) is 0 Å². The molecule has 0 bridgehead atoms. The van der Waals surface area contributed by atoms with Crippen LogP contribution in [0.5, 0.6) is 0 Å². The van der Waals surface area contributed by atoms with Crippen LogP contribution in [-0.2, 0) is 4.74 Å². The molecule has 0 N–H and O–H groups in total. The number of hydrogen-bond acceptors (Lipinski definition) is 1. The molecular formula is C6H3F9O. The van der Waals surface area contributed by atoms with Gasteiger partial charge in [0.15, 0.2) is 0 Å². The predicted molar refractivity (Wildman–Crippen MR) is 32.2 cm³/mol. The summed E-state index contributed by atoms with van der Waals surface area (Å²) in [6.45, 7) is 0. The molecule has 0 aliphatic carbocycles. The largest absolute Gasteiger partial charge is 0.479 e. The van der Waals surface area contributed by atoms with Crippen LogP contribution < -0.4 is 0 Å². The molecule has 0 atom stereocenters. The molecule has 0 aromatic heterocycles. The predicted octanol–water partition coefficient (Wildman–Crippen LogP) is 3.57. The first-order valence-corrected chi connectivity index (χ1v) is 3.37. The van der Waals surface area contributed by atoms with Crippen molar-refractivity contribution < 1.29 is 44.3 Å². The van der Waals surface area contributed by atoms with Gasteiger partial charge >= 0.3 is 18.5 Å². The Morgan fingerprint density at radius 2 is 1.12 bits per heavy atom. The summed E-state index contributed by atoms with van der Waals surface area (Å²) < 4.78 is 107. The molecule has 16 heavy (non-hydrogen) atoms. The summed E-state index contributed by atoms with van der Waals surface area (Å²) in [5, 5.41) is 0. The van der Waals surface area contributed by atoms with Gasteiger partial charge in [-0.2, -0.15) is 39.5 Å². The maximum Gasteiger partial charge on any atom is 0.434 e. The van der Waals surface area contributed by atoms with Crippen molar-refractivity contribution in [3.63, 3.8) is 0 Å². The van der Waals surface area contributed by atoms with Crippen molar-refractivity contribution in [1.82, 2.24) is 0 Å². The quantitative estimate of drug-likeness (QED) is 0.546. The Kier molecular flexibility index (Phi) is 4.12. The second-order valence-corrected chi connectivity index (χ2v) is 2.44. The van der Waals surface area contributed by atoms with Crippen molar-refractivity contribution in [3.8, 4) is 0 Å². The monoisotopic (exact) mass is 262 g/mol. The van der Waals surface area contributed by atoms with Gasteiger partial charge in [-0.25, -0.2) is 0 Å². The van der Waals surface area contributed by atoms with E-state index in [-0.39, 0.29) is 0 Å². The van der Waals surface area contributed by atoms with E-state index in [0.717, 1.165) is 0 Å². The minimum Gasteiger partial charge on any atom is -0.479 e. The van der Waals surface area contributed by atoms with E-state index in [9.17, 15) is 39.5 Å². The molecule has 96 valence electrons. The van der Waals surface area contributed by atoms with Crippen LogP contribution in [0.4, 0.5) is 39.5 Å². The summed E-state index contributed by atoms with van der Waals surface area (Å²) in [4.78, 5) is 0. The van der Waals surface area contributed by atoms with Gasteiger partial charge in [0.2, 0.25) is 0 Å². The van der Waals surface area contributed by atoms with Crippen molar-refractivity contribution >= 4 is 0 Å². The maximum absolute atomic E-state index is 11.7. The number of hydrogen-bond donors (Lipinski definition) is 0. The third-order valence-corrected chi connectivity index (χ3v) is 1.07. The van der Waals surface area contributed by atoms with E-state index < -0.39 is 37.0 Å². The van der Waals surface area contributed by atoms with Crippen molar-refractivity contribution in [2.45, 2.75) is 24.6 Å². The molecule has 0 amide bonds. The van der Waals surface area contributed by atoms with Crippen LogP contribution in [0.1, 0.15) is 0 Å². The molecule has 0 radical (unpaired) electrons. The fourth-order valence-corrected chi connectivity index (χ4v) is 0.535. The van der Waals surface area contributed by atoms with Crippen LogP contribution in [0.25, 0.3) is 0 Å². The van der Waals surface area contributed by atoms with E-state index in [2.05, 4.69) is 4.74 Å². The zero-order valence-electron chi connectivity index (χ0n) is 7.04. The normalized spacial score (nSPS) is 14.9. The lowest BCUT2D eigenvalue weighted by molar-refractivity contribution is -0.310. The van der Waals surface area contributed by atoms with E-state index in [1.165, 1.54) is 0 Å². The lowest BCUT2D eigenvalue weighted by Gasteiger charge is -2.21. The lowest BCUT2D eigenvalue weighted by Crippen LogP contribution is -2.43. The molecule has 0 fully saturated rings. The van der Waals surface area contributed by atoms with Crippen molar-refractivity contribution in [3.05, 3.63) is 12.3 Å². The van der Waals surface area contributed by atoms with E-state index in [4.69, 9.17) is 0 Å². The topological polar surface area (TPSA) is 9.23 Å². The Balaban J connectivity index is 4.67. The molecule has 0 unspecified atom stereocenters. The van der Waals surface area contributed by atoms with E-state index in [1.54, 1.807) is 0 Å². The Morgan fingerprint density at radius 1 is 0.750 bits per heavy atom. The van der Waals surface area contributed by atoms with Gasteiger partial charge in [0.25, 0.3) is 6.10 Å². The molecule has 0 heterocycles. The second kappa shape index (κ2) is 4.42. The van der Waals surface area contributed by atoms with Gasteiger partial charge in [-0.05, 0) is 0 Å². The number of allylic oxidation sites excluding steroid dienone is 1. The Hall–Kier alpha value is -1.09. The van der Waals surface area contributed by atoms with Gasteiger partial charge in [-0.1, -0.05) is 0 Å². The zero-order chi connectivity index (χ0) is 13.2. The molecule has 0 aromatic rings. The number of rotatable bonds is 2. The van der Waals surface area contributed by atoms with Crippen LogP contribution in [0.2, 0.25) is 0 Å². The molecule has 0 aliphatic rings. The lowest BCUT2D eigenvalue weighted by atomic mass is 10.3. The maximum atomic E-state index is 11.7. The fourth-order valence-electron chi connectivity index (χ4n) is 0.535. The van der Waals surface area contributed by atoms with E-state index in [1.807, 2.05) is 0 Å². The molecule has 0 saturated carbocycles. The standard InChI is InChI=1S/C6H3F9O/c7-4(8,9)1-2-16-3(5(10,11)12)6(13,14)15/h1-3H. The third kappa shape index (κ3) is 5.71. The van der Waals surface area contributed by atoms with Gasteiger partial charge in [-0.3, -0.25) is 0 Å². The Morgan fingerprint density at radius 3 is 1.38 bits per heavy atom. The van der Waals surface area contributed by atoms with Gasteiger partial charge < -0.3 is 4.74 Å². The summed E-state index contributed by atoms with van der Waals surface area (Å²) in [6.07, 6.45) is -22.6. The highest BCUT2D eigenvalue weighted by Crippen LogP contribution is 2.35. The van der Waals surface area contributed by atoms with Crippen LogP contribution >= 0.6 is 0 Å². The Bertz CT molecular complexity index is 230. The third-order valence-electron chi connectivity index (χ3n) is 1.07. The molecule has 0 aliphatic heterocycles. The van der Waals surface area contributed by atoms with Crippen molar-refractivity contribution in [1.29, 1.82) is 0 Å². The fraction of sp³-hybridized carbons (Fsp3) is 0.667. The first-order chi connectivity index (χ1) is 6.84. The molecule has 0 aromatic carbocycles. The highest BCUT2D eigenvalue weighted by atomic mass is 19.4. The summed E-state index contributed by atoms with van der Waals surface area (Å²) in [5.41, 5.74) is 0. The molecular weight excluding hydrogens is 259 g/mol. The van der Waals surface area contributed by atoms with Crippen LogP contribution in [0.15, 0.2) is 12.3 Å². The average molecular weight is 262 g/mol. The van der Waals surface area contributed by atoms with Crippen LogP contribution in [0, 0.1) is 0 Å². The zero-order valence-corrected chi connectivity index (χ0v) is 7.04. The molecule has 0 saturated heterocycles. The first kappa shape index (κ1) is 14.9. The van der Waals surface area contributed by atoms with E-state index >= 15 is 0 Å². The smallest absolute Gasteiger partial charge is 0.434 e. The van der Waals surface area contributed by atoms with E-state index in [0.29, 0.717) is 0 Å². The van der Waals surface area contributed by atoms with Crippen LogP contribution in [-0.4, -0.2) is 24.6 Å². The minimum absolute atomic E-state index is 0.689. The highest BCUT2D eigenvalue weighted by Gasteiger charge is 2.58. The SMILES string of the molecule is FC(F)(F)C=COC(C(F)(F)F)C(F)(F)F. The molecule has 0 rings (SSSR count). The summed E-state index contributed by atoms with van der Waals surface area (Å²) in [5.74, 6) is 0. The van der Waals surface area contributed by atoms with Crippen molar-refractivity contribution in [2.24, 2.45) is 0 Å². The highest BCUT2D eigenvalue weighted by molar-refractivity contribution is 4.86.